The molecule has 10 heavy (non-hydrogen) atoms. The molecule has 1 nitrogen and oxygen atoms in total. The molecule has 1 aromatic rings. The van der Waals surface area contributed by atoms with Gasteiger partial charge in [0.25, 0.3) is 0 Å². The van der Waals surface area contributed by atoms with Crippen LogP contribution in [0.25, 0.3) is 0 Å². The van der Waals surface area contributed by atoms with Crippen LogP contribution in [0.4, 0.5) is 0 Å². The van der Waals surface area contributed by atoms with E-state index < -0.39 is 0 Å². The van der Waals surface area contributed by atoms with Crippen molar-refractivity contribution in [2.75, 3.05) is 6.26 Å². The van der Waals surface area contributed by atoms with Gasteiger partial charge in [-0.2, -0.15) is 0 Å². The number of aromatic nitrogens is 1. The van der Waals surface area contributed by atoms with E-state index in [1.807, 2.05) is 13.1 Å². The lowest BCUT2D eigenvalue weighted by Gasteiger charge is -1.99. The molecule has 0 saturated heterocycles. The molecule has 1 heterocycles. The van der Waals surface area contributed by atoms with Gasteiger partial charge in [0.05, 0.1) is 5.69 Å². The van der Waals surface area contributed by atoms with E-state index in [2.05, 4.69) is 33.2 Å². The van der Waals surface area contributed by atoms with Gasteiger partial charge in [-0.3, -0.25) is 4.98 Å². The molecule has 0 radical (unpaired) electrons. The van der Waals surface area contributed by atoms with Crippen LogP contribution in [0.5, 0.6) is 0 Å². The smallest absolute Gasteiger partial charge is 0.0509 e. The minimum absolute atomic E-state index is 1.04. The molecule has 3 heteroatoms. The summed E-state index contributed by atoms with van der Waals surface area (Å²) in [5.74, 6) is 0. The van der Waals surface area contributed by atoms with Crippen LogP contribution in [0.3, 0.4) is 0 Å². The van der Waals surface area contributed by atoms with Gasteiger partial charge >= 0.3 is 0 Å². The maximum atomic E-state index is 4.18. The molecule has 0 aromatic carbocycles. The van der Waals surface area contributed by atoms with Gasteiger partial charge in [0.2, 0.25) is 0 Å². The number of hydrogen-bond donors (Lipinski definition) is 0. The Hall–Kier alpha value is -0.0200. The summed E-state index contributed by atoms with van der Waals surface area (Å²) < 4.78 is 1.04. The third-order valence-corrected chi connectivity index (χ3v) is 2.51. The van der Waals surface area contributed by atoms with Crippen LogP contribution in [0, 0.1) is 6.92 Å². The van der Waals surface area contributed by atoms with E-state index in [9.17, 15) is 0 Å². The first-order valence-corrected chi connectivity index (χ1v) is 4.92. The molecule has 54 valence electrons. The van der Waals surface area contributed by atoms with Crippen molar-refractivity contribution in [3.05, 3.63) is 22.4 Å². The number of nitrogens with zero attached hydrogens (tertiary/aromatic N) is 1. The van der Waals surface area contributed by atoms with Gasteiger partial charge in [-0.05, 0) is 35.2 Å². The highest BCUT2D eigenvalue weighted by atomic mass is 79.9. The first-order valence-electron chi connectivity index (χ1n) is 2.90. The average molecular weight is 218 g/mol. The summed E-state index contributed by atoms with van der Waals surface area (Å²) in [5, 5.41) is 0. The summed E-state index contributed by atoms with van der Waals surface area (Å²) in [5.41, 5.74) is 1.09. The number of aryl methyl sites for hydroxylation is 1. The molecule has 1 aromatic heterocycles. The van der Waals surface area contributed by atoms with Crippen molar-refractivity contribution in [3.63, 3.8) is 0 Å². The van der Waals surface area contributed by atoms with Gasteiger partial charge < -0.3 is 0 Å². The Balaban J connectivity index is 3.09. The summed E-state index contributed by atoms with van der Waals surface area (Å²) in [4.78, 5) is 5.41. The quantitative estimate of drug-likeness (QED) is 0.672. The zero-order valence-electron chi connectivity index (χ0n) is 5.89. The molecule has 0 aliphatic rings. The molecule has 0 spiro atoms. The fraction of sp³-hybridized carbons (Fsp3) is 0.286. The van der Waals surface area contributed by atoms with Crippen LogP contribution in [0.15, 0.2) is 21.6 Å². The molecular weight excluding hydrogens is 210 g/mol. The van der Waals surface area contributed by atoms with Crippen molar-refractivity contribution in [1.82, 2.24) is 4.98 Å². The van der Waals surface area contributed by atoms with Crippen molar-refractivity contribution in [2.24, 2.45) is 0 Å². The van der Waals surface area contributed by atoms with E-state index in [-0.39, 0.29) is 0 Å². The Morgan fingerprint density at radius 1 is 1.60 bits per heavy atom. The minimum atomic E-state index is 1.04. The number of thioether (sulfide) groups is 1. The van der Waals surface area contributed by atoms with E-state index in [1.165, 1.54) is 4.90 Å². The summed E-state index contributed by atoms with van der Waals surface area (Å²) >= 11 is 5.08. The zero-order chi connectivity index (χ0) is 7.56. The Labute approximate surface area is 73.4 Å². The zero-order valence-corrected chi connectivity index (χ0v) is 8.29. The second kappa shape index (κ2) is 3.39. The van der Waals surface area contributed by atoms with E-state index >= 15 is 0 Å². The summed E-state index contributed by atoms with van der Waals surface area (Å²) in [6.45, 7) is 2.01. The summed E-state index contributed by atoms with van der Waals surface area (Å²) in [6.07, 6.45) is 3.87. The largest absolute Gasteiger partial charge is 0.259 e. The van der Waals surface area contributed by atoms with E-state index in [1.54, 1.807) is 11.8 Å². The molecule has 0 aliphatic heterocycles. The molecule has 0 bridgehead atoms. The van der Waals surface area contributed by atoms with Gasteiger partial charge in [-0.15, -0.1) is 11.8 Å². The molecule has 0 N–H and O–H groups in total. The van der Waals surface area contributed by atoms with E-state index in [4.69, 9.17) is 0 Å². The van der Waals surface area contributed by atoms with Gasteiger partial charge in [-0.1, -0.05) is 0 Å². The standard InChI is InChI=1S/C7H8BrNS/c1-5-7(10-2)3-6(8)4-9-5/h3-4H,1-2H3. The molecule has 0 atom stereocenters. The first kappa shape index (κ1) is 8.08. The third-order valence-electron chi connectivity index (χ3n) is 1.23. The molecule has 0 amide bonds. The molecule has 1 rings (SSSR count). The number of rotatable bonds is 1. The second-order valence-corrected chi connectivity index (χ2v) is 3.70. The summed E-state index contributed by atoms with van der Waals surface area (Å²) in [7, 11) is 0. The van der Waals surface area contributed by atoms with Gasteiger partial charge in [0, 0.05) is 15.6 Å². The Morgan fingerprint density at radius 3 is 2.80 bits per heavy atom. The highest BCUT2D eigenvalue weighted by Crippen LogP contribution is 2.21. The van der Waals surface area contributed by atoms with Crippen molar-refractivity contribution in [1.29, 1.82) is 0 Å². The average Bonchev–Trinajstić information content (AvgIpc) is 1.94. The van der Waals surface area contributed by atoms with Crippen LogP contribution >= 0.6 is 27.7 Å². The van der Waals surface area contributed by atoms with Crippen LogP contribution < -0.4 is 0 Å². The second-order valence-electron chi connectivity index (χ2n) is 1.94. The van der Waals surface area contributed by atoms with E-state index in [0.29, 0.717) is 0 Å². The maximum Gasteiger partial charge on any atom is 0.0509 e. The fourth-order valence-electron chi connectivity index (χ4n) is 0.696. The van der Waals surface area contributed by atoms with E-state index in [0.717, 1.165) is 10.2 Å². The van der Waals surface area contributed by atoms with Crippen molar-refractivity contribution >= 4 is 27.7 Å². The van der Waals surface area contributed by atoms with Gasteiger partial charge in [0.15, 0.2) is 0 Å². The molecule has 0 unspecified atom stereocenters. The maximum absolute atomic E-state index is 4.18. The lowest BCUT2D eigenvalue weighted by atomic mass is 10.4. The van der Waals surface area contributed by atoms with Crippen LogP contribution in [0.1, 0.15) is 5.69 Å². The third kappa shape index (κ3) is 1.73. The normalized spacial score (nSPS) is 9.90. The monoisotopic (exact) mass is 217 g/mol. The fourth-order valence-corrected chi connectivity index (χ4v) is 1.77. The SMILES string of the molecule is CSc1cc(Br)cnc1C. The molecule has 0 aliphatic carbocycles. The van der Waals surface area contributed by atoms with Gasteiger partial charge in [-0.25, -0.2) is 0 Å². The number of pyridine rings is 1. The summed E-state index contributed by atoms with van der Waals surface area (Å²) in [6, 6.07) is 2.08. The molecule has 0 fully saturated rings. The Kier molecular flexibility index (Phi) is 2.74. The number of halogens is 1. The highest BCUT2D eigenvalue weighted by molar-refractivity contribution is 9.10. The Morgan fingerprint density at radius 2 is 2.30 bits per heavy atom. The van der Waals surface area contributed by atoms with Crippen molar-refractivity contribution < 1.29 is 0 Å². The predicted octanol–water partition coefficient (Wildman–Crippen LogP) is 2.87. The van der Waals surface area contributed by atoms with Crippen molar-refractivity contribution in [2.45, 2.75) is 11.8 Å². The first-order chi connectivity index (χ1) is 4.74. The van der Waals surface area contributed by atoms with Crippen LogP contribution in [-0.2, 0) is 0 Å². The Bertz CT molecular complexity index is 237. The molecule has 0 saturated carbocycles. The lowest BCUT2D eigenvalue weighted by Crippen LogP contribution is -1.83. The van der Waals surface area contributed by atoms with Gasteiger partial charge in [0.1, 0.15) is 0 Å². The topological polar surface area (TPSA) is 12.9 Å². The van der Waals surface area contributed by atoms with Crippen LogP contribution in [0.2, 0.25) is 0 Å². The van der Waals surface area contributed by atoms with Crippen molar-refractivity contribution in [3.8, 4) is 0 Å². The molecular formula is C7H8BrNS. The lowest BCUT2D eigenvalue weighted by molar-refractivity contribution is 1.10. The minimum Gasteiger partial charge on any atom is -0.259 e. The number of hydrogen-bond acceptors (Lipinski definition) is 2. The van der Waals surface area contributed by atoms with Crippen LogP contribution in [-0.4, -0.2) is 11.2 Å². The predicted molar refractivity (Wildman–Crippen MR) is 48.5 cm³/mol. The highest BCUT2D eigenvalue weighted by Gasteiger charge is 1.96.